The van der Waals surface area contributed by atoms with Crippen molar-refractivity contribution in [2.24, 2.45) is 0 Å². The Balaban J connectivity index is 2.12. The maximum Gasteiger partial charge on any atom is 0.271 e. The molecule has 0 atom stereocenters. The van der Waals surface area contributed by atoms with Crippen molar-refractivity contribution >= 4 is 27.0 Å². The zero-order valence-corrected chi connectivity index (χ0v) is 13.9. The summed E-state index contributed by atoms with van der Waals surface area (Å²) in [7, 11) is -3.53. The molecule has 0 aliphatic heterocycles. The van der Waals surface area contributed by atoms with Gasteiger partial charge in [0.15, 0.2) is 0 Å². The summed E-state index contributed by atoms with van der Waals surface area (Å²) >= 11 is 1.23. The van der Waals surface area contributed by atoms with Crippen molar-refractivity contribution in [3.05, 3.63) is 41.0 Å². The van der Waals surface area contributed by atoms with Crippen molar-refractivity contribution in [3.63, 3.8) is 0 Å². The van der Waals surface area contributed by atoms with Crippen LogP contribution in [0.5, 0.6) is 0 Å². The Morgan fingerprint density at radius 3 is 2.76 bits per heavy atom. The molecule has 0 aromatic carbocycles. The smallest absolute Gasteiger partial charge is 0.271 e. The molecular weight excluding hydrogens is 306 g/mol. The number of anilines is 1. The van der Waals surface area contributed by atoms with Gasteiger partial charge in [0.2, 0.25) is 0 Å². The third-order valence-electron chi connectivity index (χ3n) is 2.76. The van der Waals surface area contributed by atoms with Crippen molar-refractivity contribution in [1.82, 2.24) is 10.3 Å². The Hall–Kier alpha value is -1.44. The van der Waals surface area contributed by atoms with Gasteiger partial charge in [-0.15, -0.1) is 11.3 Å². The summed E-state index contributed by atoms with van der Waals surface area (Å²) in [4.78, 5) is 4.05. The molecule has 0 aliphatic carbocycles. The van der Waals surface area contributed by atoms with E-state index in [1.807, 2.05) is 12.3 Å². The monoisotopic (exact) mass is 325 g/mol. The van der Waals surface area contributed by atoms with E-state index in [4.69, 9.17) is 0 Å². The fourth-order valence-corrected chi connectivity index (χ4v) is 3.98. The average molecular weight is 325 g/mol. The number of rotatable bonds is 6. The van der Waals surface area contributed by atoms with E-state index in [1.54, 1.807) is 24.4 Å². The molecule has 2 heterocycles. The first-order valence-corrected chi connectivity index (χ1v) is 8.99. The van der Waals surface area contributed by atoms with Crippen molar-refractivity contribution < 1.29 is 8.42 Å². The summed E-state index contributed by atoms with van der Waals surface area (Å²) in [5.41, 5.74) is 2.26. The molecule has 2 aromatic heterocycles. The molecule has 0 amide bonds. The van der Waals surface area contributed by atoms with Gasteiger partial charge < -0.3 is 5.32 Å². The molecule has 7 heteroatoms. The lowest BCUT2D eigenvalue weighted by Crippen LogP contribution is -2.21. The van der Waals surface area contributed by atoms with Crippen LogP contribution in [0.4, 0.5) is 5.69 Å². The summed E-state index contributed by atoms with van der Waals surface area (Å²) in [6, 6.07) is 5.41. The molecular formula is C14H19N3O2S2. The van der Waals surface area contributed by atoms with Crippen LogP contribution in [0.25, 0.3) is 0 Å². The molecule has 0 unspecified atom stereocenters. The number of hydrogen-bond donors (Lipinski definition) is 2. The zero-order valence-electron chi connectivity index (χ0n) is 12.3. The van der Waals surface area contributed by atoms with Gasteiger partial charge in [-0.3, -0.25) is 9.71 Å². The first-order valence-electron chi connectivity index (χ1n) is 6.63. The van der Waals surface area contributed by atoms with E-state index in [2.05, 4.69) is 28.9 Å². The molecule has 0 bridgehead atoms. The molecule has 0 spiro atoms. The lowest BCUT2D eigenvalue weighted by Gasteiger charge is -2.07. The van der Waals surface area contributed by atoms with Crippen LogP contribution in [0.1, 0.15) is 25.1 Å². The molecule has 0 saturated carbocycles. The number of nitrogens with zero attached hydrogens (tertiary/aromatic N) is 1. The second kappa shape index (κ2) is 6.55. The molecule has 0 radical (unpaired) electrons. The summed E-state index contributed by atoms with van der Waals surface area (Å²) in [5, 5.41) is 5.13. The van der Waals surface area contributed by atoms with Crippen LogP contribution in [-0.2, 0) is 16.6 Å². The SMILES string of the molecule is Cc1cc(NS(=O)(=O)c2cc(CNC(C)C)cs2)ccn1. The number of thiophene rings is 1. The molecule has 21 heavy (non-hydrogen) atoms. The van der Waals surface area contributed by atoms with E-state index in [0.717, 1.165) is 11.3 Å². The number of pyridine rings is 1. The maximum atomic E-state index is 12.3. The Morgan fingerprint density at radius 2 is 2.10 bits per heavy atom. The lowest BCUT2D eigenvalue weighted by molar-refractivity contribution is 0.589. The predicted molar refractivity (Wildman–Crippen MR) is 86.1 cm³/mol. The van der Waals surface area contributed by atoms with Crippen molar-refractivity contribution in [3.8, 4) is 0 Å². The molecule has 0 saturated heterocycles. The van der Waals surface area contributed by atoms with E-state index in [9.17, 15) is 8.42 Å². The summed E-state index contributed by atoms with van der Waals surface area (Å²) in [6.07, 6.45) is 1.58. The van der Waals surface area contributed by atoms with Crippen LogP contribution in [0.3, 0.4) is 0 Å². The van der Waals surface area contributed by atoms with Gasteiger partial charge in [0.1, 0.15) is 4.21 Å². The first kappa shape index (κ1) is 15.9. The molecule has 2 N–H and O–H groups in total. The molecule has 5 nitrogen and oxygen atoms in total. The second-order valence-electron chi connectivity index (χ2n) is 5.10. The van der Waals surface area contributed by atoms with Crippen LogP contribution >= 0.6 is 11.3 Å². The van der Waals surface area contributed by atoms with Crippen LogP contribution in [0.15, 0.2) is 34.0 Å². The van der Waals surface area contributed by atoms with Gasteiger partial charge in [0.25, 0.3) is 10.0 Å². The van der Waals surface area contributed by atoms with Gasteiger partial charge in [-0.25, -0.2) is 8.42 Å². The van der Waals surface area contributed by atoms with Crippen molar-refractivity contribution in [1.29, 1.82) is 0 Å². The molecule has 0 fully saturated rings. The quantitative estimate of drug-likeness (QED) is 0.857. The summed E-state index contributed by atoms with van der Waals surface area (Å²) in [5.74, 6) is 0. The highest BCUT2D eigenvalue weighted by atomic mass is 32.2. The van der Waals surface area contributed by atoms with Crippen molar-refractivity contribution in [2.45, 2.75) is 37.6 Å². The third kappa shape index (κ3) is 4.52. The third-order valence-corrected chi connectivity index (χ3v) is 5.63. The highest BCUT2D eigenvalue weighted by Crippen LogP contribution is 2.23. The largest absolute Gasteiger partial charge is 0.310 e. The number of aromatic nitrogens is 1. The van der Waals surface area contributed by atoms with Gasteiger partial charge in [-0.1, -0.05) is 13.8 Å². The van der Waals surface area contributed by atoms with Gasteiger partial charge in [-0.2, -0.15) is 0 Å². The van der Waals surface area contributed by atoms with E-state index in [0.29, 0.717) is 22.5 Å². The van der Waals surface area contributed by atoms with Crippen LogP contribution in [0.2, 0.25) is 0 Å². The lowest BCUT2D eigenvalue weighted by atomic mass is 10.3. The predicted octanol–water partition coefficient (Wildman–Crippen LogP) is 2.75. The Bertz CT molecular complexity index is 709. The average Bonchev–Trinajstić information content (AvgIpc) is 2.85. The van der Waals surface area contributed by atoms with Gasteiger partial charge in [-0.05, 0) is 36.1 Å². The second-order valence-corrected chi connectivity index (χ2v) is 7.92. The summed E-state index contributed by atoms with van der Waals surface area (Å²) in [6.45, 7) is 6.59. The van der Waals surface area contributed by atoms with Crippen LogP contribution in [-0.4, -0.2) is 19.4 Å². The van der Waals surface area contributed by atoms with Gasteiger partial charge >= 0.3 is 0 Å². The number of hydrogen-bond acceptors (Lipinski definition) is 5. The number of sulfonamides is 1. The van der Waals surface area contributed by atoms with Crippen LogP contribution in [0, 0.1) is 6.92 Å². The molecule has 2 rings (SSSR count). The zero-order chi connectivity index (χ0) is 15.5. The standard InChI is InChI=1S/C14H19N3O2S2/c1-10(2)16-8-12-7-14(20-9-12)21(18,19)17-13-4-5-15-11(3)6-13/h4-7,9-10,16H,8H2,1-3H3,(H,15,17). The molecule has 0 aliphatic rings. The Kier molecular flexibility index (Phi) is 4.97. The highest BCUT2D eigenvalue weighted by Gasteiger charge is 2.17. The normalized spacial score (nSPS) is 11.8. The molecule has 114 valence electrons. The summed E-state index contributed by atoms with van der Waals surface area (Å²) < 4.78 is 27.5. The van der Waals surface area contributed by atoms with Crippen molar-refractivity contribution in [2.75, 3.05) is 4.72 Å². The fourth-order valence-electron chi connectivity index (χ4n) is 1.72. The minimum absolute atomic E-state index is 0.317. The van der Waals surface area contributed by atoms with E-state index >= 15 is 0 Å². The van der Waals surface area contributed by atoms with E-state index < -0.39 is 10.0 Å². The number of nitrogens with one attached hydrogen (secondary N) is 2. The minimum Gasteiger partial charge on any atom is -0.310 e. The minimum atomic E-state index is -3.53. The maximum absolute atomic E-state index is 12.3. The van der Waals surface area contributed by atoms with E-state index in [-0.39, 0.29) is 0 Å². The van der Waals surface area contributed by atoms with Gasteiger partial charge in [0.05, 0.1) is 5.69 Å². The fraction of sp³-hybridized carbons (Fsp3) is 0.357. The molecule has 2 aromatic rings. The first-order chi connectivity index (χ1) is 9.87. The topological polar surface area (TPSA) is 71.1 Å². The highest BCUT2D eigenvalue weighted by molar-refractivity contribution is 7.94. The van der Waals surface area contributed by atoms with Gasteiger partial charge in [0, 0.05) is 24.5 Å². The Morgan fingerprint density at radius 1 is 1.33 bits per heavy atom. The van der Waals surface area contributed by atoms with E-state index in [1.165, 1.54) is 11.3 Å². The van der Waals surface area contributed by atoms with Crippen LogP contribution < -0.4 is 10.0 Å². The number of aryl methyl sites for hydroxylation is 1. The Labute approximate surface area is 129 Å².